The molecule has 2 atom stereocenters. The summed E-state index contributed by atoms with van der Waals surface area (Å²) < 4.78 is 1.69. The second-order valence-corrected chi connectivity index (χ2v) is 9.50. The minimum Gasteiger partial charge on any atom is -0.394 e. The second-order valence-electron chi connectivity index (χ2n) is 8.72. The molecule has 35 heavy (non-hydrogen) atoms. The van der Waals surface area contributed by atoms with Crippen LogP contribution in [0.25, 0.3) is 16.9 Å². The van der Waals surface area contributed by atoms with E-state index in [9.17, 15) is 14.7 Å². The summed E-state index contributed by atoms with van der Waals surface area (Å²) >= 11 is 1.52. The highest BCUT2D eigenvalue weighted by molar-refractivity contribution is 7.08. The predicted molar refractivity (Wildman–Crippen MR) is 135 cm³/mol. The van der Waals surface area contributed by atoms with Crippen molar-refractivity contribution in [3.8, 4) is 11.3 Å². The molecule has 0 aromatic carbocycles. The van der Waals surface area contributed by atoms with Gasteiger partial charge in [-0.2, -0.15) is 11.3 Å². The maximum absolute atomic E-state index is 13.6. The molecule has 0 radical (unpaired) electrons. The van der Waals surface area contributed by atoms with Crippen LogP contribution in [0.4, 0.5) is 0 Å². The van der Waals surface area contributed by atoms with Crippen molar-refractivity contribution in [2.45, 2.75) is 31.7 Å². The molecular weight excluding hydrogens is 462 g/mol. The molecule has 0 aliphatic carbocycles. The quantitative estimate of drug-likeness (QED) is 0.413. The van der Waals surface area contributed by atoms with E-state index in [0.29, 0.717) is 42.1 Å². The number of fused-ring (bicyclic) bond motifs is 1. The largest absolute Gasteiger partial charge is 0.394 e. The first-order chi connectivity index (χ1) is 17.1. The summed E-state index contributed by atoms with van der Waals surface area (Å²) in [5.41, 5.74) is 3.80. The first-order valence-electron chi connectivity index (χ1n) is 11.7. The first-order valence-corrected chi connectivity index (χ1v) is 12.7. The number of hydrogen-bond donors (Lipinski definition) is 2. The number of rotatable bonds is 7. The third-order valence-electron chi connectivity index (χ3n) is 6.59. The van der Waals surface area contributed by atoms with Gasteiger partial charge in [0.05, 0.1) is 18.2 Å². The Morgan fingerprint density at radius 2 is 2.09 bits per heavy atom. The minimum atomic E-state index is -0.358. The average molecular weight is 490 g/mol. The zero-order chi connectivity index (χ0) is 24.4. The lowest BCUT2D eigenvalue weighted by atomic mass is 10.00. The number of thiophene rings is 1. The Hall–Kier alpha value is -3.56. The van der Waals surface area contributed by atoms with Gasteiger partial charge >= 0.3 is 0 Å². The SMILES string of the molecule is CCC(CO)NC(=O)c1c(-c2ccsc2)nc2c(C(=O)N3CCC(c4ccncc4)C3)cccn12. The van der Waals surface area contributed by atoms with Crippen LogP contribution in [0, 0.1) is 0 Å². The van der Waals surface area contributed by atoms with E-state index in [1.165, 1.54) is 16.9 Å². The molecule has 1 saturated heterocycles. The Morgan fingerprint density at radius 3 is 2.80 bits per heavy atom. The number of hydrogen-bond acceptors (Lipinski definition) is 6. The summed E-state index contributed by atoms with van der Waals surface area (Å²) in [7, 11) is 0. The number of aliphatic hydroxyl groups is 1. The molecule has 4 aromatic heterocycles. The molecule has 2 N–H and O–H groups in total. The maximum Gasteiger partial charge on any atom is 0.270 e. The molecular formula is C26H27N5O3S. The number of aliphatic hydroxyl groups excluding tert-OH is 1. The third-order valence-corrected chi connectivity index (χ3v) is 7.27. The van der Waals surface area contributed by atoms with Gasteiger partial charge in [0.15, 0.2) is 5.65 Å². The lowest BCUT2D eigenvalue weighted by Crippen LogP contribution is -2.37. The molecule has 8 nitrogen and oxygen atoms in total. The Morgan fingerprint density at radius 1 is 1.26 bits per heavy atom. The molecule has 4 aromatic rings. The van der Waals surface area contributed by atoms with Gasteiger partial charge < -0.3 is 15.3 Å². The molecule has 1 fully saturated rings. The van der Waals surface area contributed by atoms with E-state index in [0.717, 1.165) is 12.0 Å². The highest BCUT2D eigenvalue weighted by Gasteiger charge is 2.31. The number of nitrogens with zero attached hydrogens (tertiary/aromatic N) is 4. The van der Waals surface area contributed by atoms with Crippen molar-refractivity contribution < 1.29 is 14.7 Å². The Balaban J connectivity index is 1.52. The van der Waals surface area contributed by atoms with Gasteiger partial charge in [-0.1, -0.05) is 6.92 Å². The molecule has 9 heteroatoms. The second kappa shape index (κ2) is 9.97. The standard InChI is InChI=1S/C26H27N5O3S/c1-2-20(15-32)28-25(33)23-22(19-8-13-35-16-19)29-24-21(4-3-11-31(23)24)26(34)30-12-7-18(14-30)17-5-9-27-10-6-17/h3-6,8-11,13,16,18,20,32H,2,7,12,14-15H2,1H3,(H,28,33). The summed E-state index contributed by atoms with van der Waals surface area (Å²) in [5, 5.41) is 16.3. The summed E-state index contributed by atoms with van der Waals surface area (Å²) in [5.74, 6) is -0.153. The van der Waals surface area contributed by atoms with Gasteiger partial charge in [-0.05, 0) is 54.1 Å². The zero-order valence-electron chi connectivity index (χ0n) is 19.4. The van der Waals surface area contributed by atoms with Crippen molar-refractivity contribution in [1.82, 2.24) is 24.6 Å². The van der Waals surface area contributed by atoms with E-state index in [-0.39, 0.29) is 30.4 Å². The molecule has 1 aliphatic rings. The number of aromatic nitrogens is 3. The molecule has 180 valence electrons. The lowest BCUT2D eigenvalue weighted by Gasteiger charge is -2.17. The highest BCUT2D eigenvalue weighted by atomic mass is 32.1. The smallest absolute Gasteiger partial charge is 0.270 e. The lowest BCUT2D eigenvalue weighted by molar-refractivity contribution is 0.0791. The van der Waals surface area contributed by atoms with Crippen LogP contribution >= 0.6 is 11.3 Å². The van der Waals surface area contributed by atoms with Gasteiger partial charge in [-0.25, -0.2) is 4.98 Å². The fourth-order valence-electron chi connectivity index (χ4n) is 4.61. The summed E-state index contributed by atoms with van der Waals surface area (Å²) in [6.45, 7) is 3.04. The Labute approximate surface area is 207 Å². The van der Waals surface area contributed by atoms with Crippen LogP contribution in [-0.4, -0.2) is 61.9 Å². The molecule has 0 saturated carbocycles. The summed E-state index contributed by atoms with van der Waals surface area (Å²) in [6, 6.07) is 9.10. The highest BCUT2D eigenvalue weighted by Crippen LogP contribution is 2.31. The number of likely N-dealkylation sites (tertiary alicyclic amines) is 1. The number of pyridine rings is 2. The van der Waals surface area contributed by atoms with E-state index in [1.54, 1.807) is 35.1 Å². The van der Waals surface area contributed by atoms with Crippen LogP contribution in [-0.2, 0) is 0 Å². The fraction of sp³-hybridized carbons (Fsp3) is 0.308. The van der Waals surface area contributed by atoms with Crippen LogP contribution in [0.15, 0.2) is 59.7 Å². The van der Waals surface area contributed by atoms with Crippen LogP contribution in [0.5, 0.6) is 0 Å². The van der Waals surface area contributed by atoms with Crippen LogP contribution < -0.4 is 5.32 Å². The van der Waals surface area contributed by atoms with Gasteiger partial charge in [-0.15, -0.1) is 0 Å². The Kier molecular flexibility index (Phi) is 6.61. The van der Waals surface area contributed by atoms with Crippen LogP contribution in [0.2, 0.25) is 0 Å². The molecule has 5 heterocycles. The first kappa shape index (κ1) is 23.2. The molecule has 0 bridgehead atoms. The summed E-state index contributed by atoms with van der Waals surface area (Å²) in [4.78, 5) is 37.7. The van der Waals surface area contributed by atoms with Gasteiger partial charge in [0.1, 0.15) is 11.4 Å². The molecule has 0 spiro atoms. The average Bonchev–Trinajstić information content (AvgIpc) is 3.66. The van der Waals surface area contributed by atoms with Crippen molar-refractivity contribution >= 4 is 28.8 Å². The van der Waals surface area contributed by atoms with E-state index < -0.39 is 0 Å². The van der Waals surface area contributed by atoms with Gasteiger partial charge in [0, 0.05) is 48.5 Å². The minimum absolute atomic E-state index is 0.0947. The number of carbonyl (C=O) groups is 2. The van der Waals surface area contributed by atoms with E-state index >= 15 is 0 Å². The van der Waals surface area contributed by atoms with Gasteiger partial charge in [0.25, 0.3) is 11.8 Å². The topological polar surface area (TPSA) is 99.8 Å². The monoisotopic (exact) mass is 489 g/mol. The number of nitrogens with one attached hydrogen (secondary N) is 1. The Bertz CT molecular complexity index is 1330. The summed E-state index contributed by atoms with van der Waals surface area (Å²) in [6.07, 6.45) is 6.81. The molecule has 2 unspecified atom stereocenters. The van der Waals surface area contributed by atoms with Crippen LogP contribution in [0.3, 0.4) is 0 Å². The molecule has 5 rings (SSSR count). The van der Waals surface area contributed by atoms with E-state index in [4.69, 9.17) is 4.98 Å². The van der Waals surface area contributed by atoms with Gasteiger partial charge in [-0.3, -0.25) is 19.0 Å². The number of carbonyl (C=O) groups excluding carboxylic acids is 2. The third kappa shape index (κ3) is 4.44. The zero-order valence-corrected chi connectivity index (χ0v) is 20.2. The van der Waals surface area contributed by atoms with Crippen molar-refractivity contribution in [1.29, 1.82) is 0 Å². The predicted octanol–water partition coefficient (Wildman–Crippen LogP) is 3.59. The van der Waals surface area contributed by atoms with Crippen molar-refractivity contribution in [3.63, 3.8) is 0 Å². The van der Waals surface area contributed by atoms with Crippen molar-refractivity contribution in [2.75, 3.05) is 19.7 Å². The van der Waals surface area contributed by atoms with E-state index in [2.05, 4.69) is 10.3 Å². The maximum atomic E-state index is 13.6. The fourth-order valence-corrected chi connectivity index (χ4v) is 5.25. The number of amides is 2. The van der Waals surface area contributed by atoms with Crippen molar-refractivity contribution in [2.24, 2.45) is 0 Å². The van der Waals surface area contributed by atoms with Crippen molar-refractivity contribution in [3.05, 3.63) is 76.5 Å². The molecule has 1 aliphatic heterocycles. The number of imidazole rings is 1. The van der Waals surface area contributed by atoms with Crippen LogP contribution in [0.1, 0.15) is 52.1 Å². The molecule has 2 amide bonds. The van der Waals surface area contributed by atoms with E-state index in [1.807, 2.05) is 40.8 Å². The van der Waals surface area contributed by atoms with Gasteiger partial charge in [0.2, 0.25) is 0 Å². The normalized spacial score (nSPS) is 16.5.